The Morgan fingerprint density at radius 1 is 1.19 bits per heavy atom. The molecule has 14 heteroatoms. The van der Waals surface area contributed by atoms with Gasteiger partial charge in [-0.2, -0.15) is 17.8 Å². The fourth-order valence-corrected chi connectivity index (χ4v) is 2.88. The number of nitrogens with one attached hydrogen (secondary N) is 2. The van der Waals surface area contributed by atoms with Gasteiger partial charge in [-0.1, -0.05) is 0 Å². The van der Waals surface area contributed by atoms with E-state index in [-0.39, 0.29) is 10.1 Å². The van der Waals surface area contributed by atoms with Gasteiger partial charge in [0.15, 0.2) is 0 Å². The van der Waals surface area contributed by atoms with E-state index in [0.717, 1.165) is 23.3 Å². The maximum Gasteiger partial charge on any atom is 0.418 e. The highest BCUT2D eigenvalue weighted by Crippen LogP contribution is 2.35. The van der Waals surface area contributed by atoms with Crippen LogP contribution in [0.5, 0.6) is 0 Å². The first-order valence-corrected chi connectivity index (χ1v) is 8.94. The van der Waals surface area contributed by atoms with Gasteiger partial charge in [0.05, 0.1) is 27.9 Å². The van der Waals surface area contributed by atoms with Crippen molar-refractivity contribution < 1.29 is 21.6 Å². The topological polar surface area (TPSA) is 132 Å². The van der Waals surface area contributed by atoms with Gasteiger partial charge in [0.25, 0.3) is 5.56 Å². The lowest BCUT2D eigenvalue weighted by Gasteiger charge is -2.15. The highest BCUT2D eigenvalue weighted by molar-refractivity contribution is 7.92. The average Bonchev–Trinajstić information content (AvgIpc) is 3.11. The molecule has 144 valence electrons. The molecule has 0 radical (unpaired) electrons. The summed E-state index contributed by atoms with van der Waals surface area (Å²) in [5.74, 6) is -0.421. The summed E-state index contributed by atoms with van der Waals surface area (Å²) in [4.78, 5) is 28.4. The molecule has 2 heterocycles. The zero-order chi connectivity index (χ0) is 20.0. The molecule has 0 spiro atoms. The molecule has 0 saturated heterocycles. The van der Waals surface area contributed by atoms with Crippen molar-refractivity contribution in [1.29, 1.82) is 0 Å². The van der Waals surface area contributed by atoms with Crippen molar-refractivity contribution in [3.8, 4) is 5.69 Å². The van der Waals surface area contributed by atoms with Crippen molar-refractivity contribution in [2.24, 2.45) is 0 Å². The Morgan fingerprint density at radius 2 is 1.81 bits per heavy atom. The normalized spacial score (nSPS) is 12.4. The van der Waals surface area contributed by atoms with Gasteiger partial charge in [0.1, 0.15) is 12.7 Å². The van der Waals surface area contributed by atoms with Crippen LogP contribution < -0.4 is 16.1 Å². The number of hydrogen-bond donors (Lipinski definition) is 2. The quantitative estimate of drug-likeness (QED) is 0.638. The molecule has 10 nitrogen and oxygen atoms in total. The number of fused-ring (bicyclic) bond motifs is 1. The molecule has 0 aliphatic heterocycles. The van der Waals surface area contributed by atoms with Crippen LogP contribution in [-0.2, 0) is 16.2 Å². The molecule has 3 rings (SSSR count). The summed E-state index contributed by atoms with van der Waals surface area (Å²) in [6.07, 6.45) is -2.80. The molecule has 2 N–H and O–H groups in total. The second-order valence-electron chi connectivity index (χ2n) is 5.35. The van der Waals surface area contributed by atoms with Gasteiger partial charge < -0.3 is 4.98 Å². The van der Waals surface area contributed by atoms with E-state index in [2.05, 4.69) is 15.2 Å². The number of nitrogens with zero attached hydrogens (tertiary/aromatic N) is 4. The van der Waals surface area contributed by atoms with Crippen molar-refractivity contribution >= 4 is 20.9 Å². The molecule has 0 aliphatic rings. The van der Waals surface area contributed by atoms with Gasteiger partial charge in [0.2, 0.25) is 10.0 Å². The number of halogens is 3. The number of sulfonamides is 1. The van der Waals surface area contributed by atoms with Gasteiger partial charge in [-0.05, 0) is 19.1 Å². The predicted molar refractivity (Wildman–Crippen MR) is 87.6 cm³/mol. The zero-order valence-electron chi connectivity index (χ0n) is 13.5. The minimum absolute atomic E-state index is 0.185. The summed E-state index contributed by atoms with van der Waals surface area (Å²) >= 11 is 0. The molecule has 0 fully saturated rings. The van der Waals surface area contributed by atoms with Crippen LogP contribution in [0.4, 0.5) is 13.2 Å². The molecule has 3 aromatic rings. The van der Waals surface area contributed by atoms with Crippen molar-refractivity contribution in [3.05, 3.63) is 51.2 Å². The molecule has 27 heavy (non-hydrogen) atoms. The highest BCUT2D eigenvalue weighted by atomic mass is 32.2. The molecule has 0 amide bonds. The van der Waals surface area contributed by atoms with E-state index < -0.39 is 50.0 Å². The Kier molecular flexibility index (Phi) is 4.29. The Morgan fingerprint density at radius 3 is 2.37 bits per heavy atom. The van der Waals surface area contributed by atoms with Crippen LogP contribution in [0.3, 0.4) is 0 Å². The Balaban J connectivity index is 2.36. The number of aromatic amines is 1. The zero-order valence-corrected chi connectivity index (χ0v) is 14.3. The third-order valence-electron chi connectivity index (χ3n) is 3.63. The lowest BCUT2D eigenvalue weighted by atomic mass is 10.1. The third-order valence-corrected chi connectivity index (χ3v) is 4.85. The van der Waals surface area contributed by atoms with Crippen LogP contribution in [-0.4, -0.2) is 38.6 Å². The first-order chi connectivity index (χ1) is 12.5. The van der Waals surface area contributed by atoms with Gasteiger partial charge in [0, 0.05) is 0 Å². The van der Waals surface area contributed by atoms with E-state index >= 15 is 0 Å². The van der Waals surface area contributed by atoms with E-state index in [1.165, 1.54) is 6.92 Å². The second kappa shape index (κ2) is 6.22. The van der Waals surface area contributed by atoms with Gasteiger partial charge in [-0.25, -0.2) is 18.0 Å². The molecule has 0 saturated carbocycles. The molecule has 1 aromatic carbocycles. The Labute approximate surface area is 148 Å². The fraction of sp³-hybridized carbons (Fsp3) is 0.231. The number of rotatable bonds is 4. The number of benzene rings is 1. The highest BCUT2D eigenvalue weighted by Gasteiger charge is 2.35. The predicted octanol–water partition coefficient (Wildman–Crippen LogP) is 0.182. The van der Waals surface area contributed by atoms with Gasteiger partial charge in [-0.3, -0.25) is 9.36 Å². The SMILES string of the molecule is CCS(=O)(=O)Nn1c(=O)[nH]c2cc(C(F)(F)F)c(-n3cnnc3)cc2c1=O. The molecular formula is C13H11F3N6O4S. The summed E-state index contributed by atoms with van der Waals surface area (Å²) in [5, 5.41) is 6.51. The number of alkyl halides is 3. The molecule has 0 bridgehead atoms. The molecule has 2 aromatic heterocycles. The number of aromatic nitrogens is 5. The maximum absolute atomic E-state index is 13.4. The lowest BCUT2D eigenvalue weighted by molar-refractivity contribution is -0.137. The van der Waals surface area contributed by atoms with Gasteiger partial charge >= 0.3 is 11.9 Å². The molecule has 0 atom stereocenters. The van der Waals surface area contributed by atoms with E-state index in [4.69, 9.17) is 0 Å². The first-order valence-electron chi connectivity index (χ1n) is 7.29. The number of hydrogen-bond acceptors (Lipinski definition) is 6. The Hall–Kier alpha value is -3.16. The van der Waals surface area contributed by atoms with Crippen molar-refractivity contribution in [3.63, 3.8) is 0 Å². The van der Waals surface area contributed by atoms with Gasteiger partial charge in [-0.15, -0.1) is 10.2 Å². The van der Waals surface area contributed by atoms with Crippen LogP contribution in [0.25, 0.3) is 16.6 Å². The number of H-pyrrole nitrogens is 1. The lowest BCUT2D eigenvalue weighted by Crippen LogP contribution is -2.44. The summed E-state index contributed by atoms with van der Waals surface area (Å²) in [6, 6.07) is 1.46. The second-order valence-corrected chi connectivity index (χ2v) is 7.34. The van der Waals surface area contributed by atoms with E-state index in [1.54, 1.807) is 4.83 Å². The van der Waals surface area contributed by atoms with Crippen LogP contribution in [0, 0.1) is 0 Å². The van der Waals surface area contributed by atoms with Crippen molar-refractivity contribution in [2.75, 3.05) is 10.6 Å². The third kappa shape index (κ3) is 3.42. The van der Waals surface area contributed by atoms with Crippen molar-refractivity contribution in [2.45, 2.75) is 13.1 Å². The molecule has 0 aliphatic carbocycles. The van der Waals surface area contributed by atoms with Crippen LogP contribution in [0.1, 0.15) is 12.5 Å². The minimum Gasteiger partial charge on any atom is -0.305 e. The minimum atomic E-state index is -4.80. The largest absolute Gasteiger partial charge is 0.418 e. The van der Waals surface area contributed by atoms with E-state index in [0.29, 0.717) is 6.07 Å². The molecular weight excluding hydrogens is 393 g/mol. The van der Waals surface area contributed by atoms with Crippen LogP contribution >= 0.6 is 0 Å². The van der Waals surface area contributed by atoms with Crippen molar-refractivity contribution in [1.82, 2.24) is 24.4 Å². The van der Waals surface area contributed by atoms with Crippen LogP contribution in [0.2, 0.25) is 0 Å². The first kappa shape index (κ1) is 18.6. The smallest absolute Gasteiger partial charge is 0.305 e. The average molecular weight is 404 g/mol. The standard InChI is InChI=1S/C13H11F3N6O4S/c1-2-27(25,26)20-22-11(23)7-3-10(21-5-17-18-6-21)8(13(14,15)16)4-9(7)19-12(22)24/h3-6,20H,2H2,1H3,(H,19,24). The van der Waals surface area contributed by atoms with E-state index in [9.17, 15) is 31.2 Å². The summed E-state index contributed by atoms with van der Waals surface area (Å²) in [6.45, 7) is 1.28. The Bertz CT molecular complexity index is 1230. The van der Waals surface area contributed by atoms with Crippen LogP contribution in [0.15, 0.2) is 34.4 Å². The van der Waals surface area contributed by atoms with E-state index in [1.807, 2.05) is 0 Å². The summed E-state index contributed by atoms with van der Waals surface area (Å²) < 4.78 is 64.6. The monoisotopic (exact) mass is 404 g/mol. The summed E-state index contributed by atoms with van der Waals surface area (Å²) in [5.41, 5.74) is -4.37. The molecule has 0 unspecified atom stereocenters. The maximum atomic E-state index is 13.4. The summed E-state index contributed by atoms with van der Waals surface area (Å²) in [7, 11) is -3.98. The fourth-order valence-electron chi connectivity index (χ4n) is 2.30.